The molecule has 0 radical (unpaired) electrons. The number of nitrogens with zero attached hydrogens (tertiary/aromatic N) is 3. The molecule has 1 aliphatic rings. The van der Waals surface area contributed by atoms with Crippen molar-refractivity contribution in [3.05, 3.63) is 56.9 Å². The molecule has 0 saturated carbocycles. The molecule has 134 valence electrons. The molecule has 0 bridgehead atoms. The van der Waals surface area contributed by atoms with Crippen LogP contribution >= 0.6 is 22.9 Å². The quantitative estimate of drug-likeness (QED) is 0.683. The van der Waals surface area contributed by atoms with E-state index in [1.807, 2.05) is 29.8 Å². The van der Waals surface area contributed by atoms with Crippen LogP contribution in [0.25, 0.3) is 10.9 Å². The number of hydrogen-bond donors (Lipinski definition) is 0. The van der Waals surface area contributed by atoms with Crippen molar-refractivity contribution in [2.24, 2.45) is 4.99 Å². The predicted octanol–water partition coefficient (Wildman–Crippen LogP) is 3.98. The van der Waals surface area contributed by atoms with E-state index in [-0.39, 0.29) is 12.0 Å². The number of ether oxygens (including phenoxy) is 1. The molecule has 1 atom stereocenters. The molecule has 26 heavy (non-hydrogen) atoms. The Balaban J connectivity index is 1.74. The fraction of sp³-hybridized carbons (Fsp3) is 0.316. The van der Waals surface area contributed by atoms with Gasteiger partial charge >= 0.3 is 0 Å². The monoisotopic (exact) mass is 387 g/mol. The Labute approximate surface area is 159 Å². The summed E-state index contributed by atoms with van der Waals surface area (Å²) in [6, 6.07) is 7.14. The summed E-state index contributed by atoms with van der Waals surface area (Å²) in [5.74, 6) is -0.334. The number of pyridine rings is 1. The highest BCUT2D eigenvalue weighted by Gasteiger charge is 2.18. The van der Waals surface area contributed by atoms with Gasteiger partial charge in [-0.3, -0.25) is 9.78 Å². The first-order chi connectivity index (χ1) is 12.6. The second-order valence-corrected chi connectivity index (χ2v) is 8.01. The van der Waals surface area contributed by atoms with E-state index in [9.17, 15) is 4.79 Å². The number of amides is 1. The first-order valence-electron chi connectivity index (χ1n) is 8.52. The van der Waals surface area contributed by atoms with Crippen LogP contribution in [0.5, 0.6) is 0 Å². The van der Waals surface area contributed by atoms with Gasteiger partial charge < -0.3 is 9.30 Å². The fourth-order valence-corrected chi connectivity index (χ4v) is 4.26. The third-order valence-corrected chi connectivity index (χ3v) is 5.51. The summed E-state index contributed by atoms with van der Waals surface area (Å²) >= 11 is 7.68. The van der Waals surface area contributed by atoms with Crippen molar-refractivity contribution in [1.82, 2.24) is 9.55 Å². The summed E-state index contributed by atoms with van der Waals surface area (Å²) in [7, 11) is 0. The van der Waals surface area contributed by atoms with E-state index in [0.29, 0.717) is 27.4 Å². The predicted molar refractivity (Wildman–Crippen MR) is 103 cm³/mol. The number of hydrogen-bond acceptors (Lipinski definition) is 4. The summed E-state index contributed by atoms with van der Waals surface area (Å²) in [4.78, 5) is 23.4. The number of halogens is 1. The normalized spacial score (nSPS) is 17.9. The van der Waals surface area contributed by atoms with Gasteiger partial charge in [0.25, 0.3) is 5.91 Å². The first kappa shape index (κ1) is 17.4. The van der Waals surface area contributed by atoms with Gasteiger partial charge in [0.05, 0.1) is 23.7 Å². The van der Waals surface area contributed by atoms with Crippen LogP contribution in [0.4, 0.5) is 0 Å². The zero-order chi connectivity index (χ0) is 18.1. The molecule has 1 fully saturated rings. The Hall–Kier alpha value is -2.02. The van der Waals surface area contributed by atoms with E-state index in [0.717, 1.165) is 29.7 Å². The fourth-order valence-electron chi connectivity index (χ4n) is 3.20. The van der Waals surface area contributed by atoms with Crippen molar-refractivity contribution >= 4 is 39.7 Å². The Bertz CT molecular complexity index is 1030. The Morgan fingerprint density at radius 3 is 3.19 bits per heavy atom. The molecule has 5 nitrogen and oxygen atoms in total. The van der Waals surface area contributed by atoms with Gasteiger partial charge in [-0.2, -0.15) is 4.99 Å². The van der Waals surface area contributed by atoms with Crippen molar-refractivity contribution in [2.45, 2.75) is 32.4 Å². The van der Waals surface area contributed by atoms with Crippen molar-refractivity contribution < 1.29 is 9.53 Å². The average Bonchev–Trinajstić information content (AvgIpc) is 3.24. The maximum absolute atomic E-state index is 12.9. The lowest BCUT2D eigenvalue weighted by molar-refractivity contribution is 0.0950. The van der Waals surface area contributed by atoms with Crippen molar-refractivity contribution in [2.75, 3.05) is 6.61 Å². The summed E-state index contributed by atoms with van der Waals surface area (Å²) < 4.78 is 7.72. The molecule has 1 unspecified atom stereocenters. The van der Waals surface area contributed by atoms with Crippen LogP contribution in [0, 0.1) is 6.92 Å². The molecule has 3 heterocycles. The molecule has 1 amide bonds. The van der Waals surface area contributed by atoms with Crippen LogP contribution in [-0.4, -0.2) is 28.2 Å². The highest BCUT2D eigenvalue weighted by Crippen LogP contribution is 2.23. The van der Waals surface area contributed by atoms with E-state index in [1.165, 1.54) is 11.3 Å². The van der Waals surface area contributed by atoms with Gasteiger partial charge in [-0.25, -0.2) is 0 Å². The largest absolute Gasteiger partial charge is 0.376 e. The average molecular weight is 388 g/mol. The number of carbonyl (C=O) groups is 1. The Morgan fingerprint density at radius 2 is 2.38 bits per heavy atom. The highest BCUT2D eigenvalue weighted by atomic mass is 35.5. The zero-order valence-corrected chi connectivity index (χ0v) is 15.9. The molecule has 0 aliphatic carbocycles. The number of benzene rings is 1. The van der Waals surface area contributed by atoms with E-state index >= 15 is 0 Å². The van der Waals surface area contributed by atoms with Crippen molar-refractivity contribution in [3.63, 3.8) is 0 Å². The maximum atomic E-state index is 12.9. The van der Waals surface area contributed by atoms with Gasteiger partial charge in [-0.1, -0.05) is 17.7 Å². The van der Waals surface area contributed by atoms with Crippen LogP contribution in [0.3, 0.4) is 0 Å². The third kappa shape index (κ3) is 3.58. The number of carbonyl (C=O) groups excluding carboxylic acids is 1. The SMILES string of the molecule is Cc1cn(CC2CCCO2)c(=NC(=O)c2cc(Cl)cc3cccnc23)s1. The molecular formula is C19H18ClN3O2S. The number of fused-ring (bicyclic) bond motifs is 1. The molecule has 4 rings (SSSR count). The number of aryl methyl sites for hydroxylation is 1. The molecule has 7 heteroatoms. The second-order valence-electron chi connectivity index (χ2n) is 6.36. The third-order valence-electron chi connectivity index (χ3n) is 4.36. The molecule has 0 N–H and O–H groups in total. The molecular weight excluding hydrogens is 370 g/mol. The maximum Gasteiger partial charge on any atom is 0.281 e. The summed E-state index contributed by atoms with van der Waals surface area (Å²) in [5.41, 5.74) is 1.03. The lowest BCUT2D eigenvalue weighted by Crippen LogP contribution is -2.23. The van der Waals surface area contributed by atoms with Crippen LogP contribution in [0.2, 0.25) is 5.02 Å². The first-order valence-corrected chi connectivity index (χ1v) is 9.71. The van der Waals surface area contributed by atoms with Gasteiger partial charge in [0.2, 0.25) is 0 Å². The van der Waals surface area contributed by atoms with E-state index in [1.54, 1.807) is 18.3 Å². The van der Waals surface area contributed by atoms with E-state index in [4.69, 9.17) is 16.3 Å². The Kier molecular flexibility index (Phi) is 4.89. The lowest BCUT2D eigenvalue weighted by atomic mass is 10.1. The molecule has 1 aromatic carbocycles. The van der Waals surface area contributed by atoms with Crippen molar-refractivity contribution in [1.29, 1.82) is 0 Å². The summed E-state index contributed by atoms with van der Waals surface area (Å²) in [6.45, 7) is 3.53. The smallest absolute Gasteiger partial charge is 0.281 e. The minimum atomic E-state index is -0.334. The topological polar surface area (TPSA) is 56.5 Å². The molecule has 1 saturated heterocycles. The molecule has 3 aromatic rings. The van der Waals surface area contributed by atoms with Gasteiger partial charge in [0.1, 0.15) is 0 Å². The van der Waals surface area contributed by atoms with Crippen molar-refractivity contribution in [3.8, 4) is 0 Å². The summed E-state index contributed by atoms with van der Waals surface area (Å²) in [6.07, 6.45) is 6.00. The van der Waals surface area contributed by atoms with Crippen LogP contribution in [-0.2, 0) is 11.3 Å². The van der Waals surface area contributed by atoms with Gasteiger partial charge in [-0.05, 0) is 38.0 Å². The summed E-state index contributed by atoms with van der Waals surface area (Å²) in [5, 5.41) is 1.33. The molecule has 1 aliphatic heterocycles. The van der Waals surface area contributed by atoms with E-state index < -0.39 is 0 Å². The number of rotatable bonds is 3. The van der Waals surface area contributed by atoms with Crippen LogP contribution < -0.4 is 4.80 Å². The Morgan fingerprint density at radius 1 is 1.50 bits per heavy atom. The zero-order valence-electron chi connectivity index (χ0n) is 14.3. The van der Waals surface area contributed by atoms with Gasteiger partial charge in [-0.15, -0.1) is 11.3 Å². The van der Waals surface area contributed by atoms with Gasteiger partial charge in [0.15, 0.2) is 4.80 Å². The minimum absolute atomic E-state index is 0.187. The second kappa shape index (κ2) is 7.31. The van der Waals surface area contributed by atoms with Crippen LogP contribution in [0.15, 0.2) is 41.7 Å². The number of aromatic nitrogens is 2. The lowest BCUT2D eigenvalue weighted by Gasteiger charge is -2.10. The highest BCUT2D eigenvalue weighted by molar-refractivity contribution is 7.09. The molecule has 2 aromatic heterocycles. The minimum Gasteiger partial charge on any atom is -0.376 e. The van der Waals surface area contributed by atoms with E-state index in [2.05, 4.69) is 9.98 Å². The standard InChI is InChI=1S/C19H18ClN3O2S/c1-12-10-23(11-15-5-3-7-25-15)19(26-12)22-18(24)16-9-14(20)8-13-4-2-6-21-17(13)16/h2,4,6,8-10,15H,3,5,7,11H2,1H3. The number of thiazole rings is 1. The van der Waals surface area contributed by atoms with Crippen LogP contribution in [0.1, 0.15) is 28.1 Å². The van der Waals surface area contributed by atoms with Gasteiger partial charge in [0, 0.05) is 34.3 Å². The molecule has 0 spiro atoms.